The highest BCUT2D eigenvalue weighted by Gasteiger charge is 2.11. The number of benzene rings is 2. The highest BCUT2D eigenvalue weighted by atomic mass is 35.5. The van der Waals surface area contributed by atoms with E-state index in [-0.39, 0.29) is 17.6 Å². The Kier molecular flexibility index (Phi) is 6.50. The van der Waals surface area contributed by atoms with E-state index in [9.17, 15) is 9.59 Å². The second-order valence-electron chi connectivity index (χ2n) is 5.58. The average molecular weight is 437 g/mol. The van der Waals surface area contributed by atoms with E-state index in [1.54, 1.807) is 49.5 Å². The van der Waals surface area contributed by atoms with E-state index in [0.29, 0.717) is 32.1 Å². The molecule has 0 unspecified atom stereocenters. The number of thioether (sulfide) groups is 1. The first kappa shape index (κ1) is 20.1. The monoisotopic (exact) mass is 436 g/mol. The normalized spacial score (nSPS) is 10.5. The molecule has 0 aliphatic carbocycles. The van der Waals surface area contributed by atoms with Gasteiger partial charge >= 0.3 is 0 Å². The molecule has 0 spiro atoms. The molecule has 0 fully saturated rings. The summed E-state index contributed by atoms with van der Waals surface area (Å²) < 4.78 is 1.48. The number of tetrazole rings is 1. The van der Waals surface area contributed by atoms with Crippen molar-refractivity contribution in [3.63, 3.8) is 0 Å². The molecule has 8 nitrogen and oxygen atoms in total. The Hall–Kier alpha value is -2.62. The lowest BCUT2D eigenvalue weighted by atomic mass is 10.2. The molecule has 11 heteroatoms. The summed E-state index contributed by atoms with van der Waals surface area (Å²) in [4.78, 5) is 24.4. The molecule has 0 radical (unpaired) electrons. The number of nitrogens with one attached hydrogen (secondary N) is 2. The summed E-state index contributed by atoms with van der Waals surface area (Å²) in [6, 6.07) is 11.3. The molecular weight excluding hydrogens is 423 g/mol. The molecule has 0 bridgehead atoms. The molecule has 0 atom stereocenters. The predicted molar refractivity (Wildman–Crippen MR) is 109 cm³/mol. The van der Waals surface area contributed by atoms with Gasteiger partial charge in [0.2, 0.25) is 11.1 Å². The van der Waals surface area contributed by atoms with Crippen molar-refractivity contribution in [1.29, 1.82) is 0 Å². The molecule has 1 aromatic heterocycles. The minimum absolute atomic E-state index is 0.158. The predicted octanol–water partition coefficient (Wildman–Crippen LogP) is 3.50. The van der Waals surface area contributed by atoms with E-state index in [4.69, 9.17) is 23.2 Å². The molecule has 144 valence electrons. The number of aryl methyl sites for hydroxylation is 1. The number of anilines is 2. The van der Waals surface area contributed by atoms with Crippen LogP contribution in [0.25, 0.3) is 0 Å². The van der Waals surface area contributed by atoms with Crippen molar-refractivity contribution in [3.8, 4) is 0 Å². The minimum Gasteiger partial charge on any atom is -0.325 e. The van der Waals surface area contributed by atoms with E-state index in [2.05, 4.69) is 26.2 Å². The second kappa shape index (κ2) is 9.05. The van der Waals surface area contributed by atoms with E-state index < -0.39 is 0 Å². The number of nitrogens with zero attached hydrogens (tertiary/aromatic N) is 4. The third-order valence-electron chi connectivity index (χ3n) is 3.52. The summed E-state index contributed by atoms with van der Waals surface area (Å²) in [6.07, 6.45) is 0. The van der Waals surface area contributed by atoms with E-state index in [1.165, 1.54) is 16.4 Å². The van der Waals surface area contributed by atoms with Gasteiger partial charge in [0, 0.05) is 23.3 Å². The maximum atomic E-state index is 12.3. The number of amides is 2. The average Bonchev–Trinajstić information content (AvgIpc) is 3.08. The molecule has 0 saturated carbocycles. The molecule has 2 amide bonds. The van der Waals surface area contributed by atoms with Gasteiger partial charge in [-0.2, -0.15) is 0 Å². The fourth-order valence-electron chi connectivity index (χ4n) is 2.16. The van der Waals surface area contributed by atoms with Gasteiger partial charge in [-0.05, 0) is 52.9 Å². The van der Waals surface area contributed by atoms with Crippen molar-refractivity contribution in [2.45, 2.75) is 5.16 Å². The van der Waals surface area contributed by atoms with Crippen LogP contribution in [0.3, 0.4) is 0 Å². The first-order chi connectivity index (χ1) is 13.4. The van der Waals surface area contributed by atoms with E-state index >= 15 is 0 Å². The third-order valence-corrected chi connectivity index (χ3v) is 5.08. The molecule has 0 aliphatic heterocycles. The zero-order valence-corrected chi connectivity index (χ0v) is 16.8. The topological polar surface area (TPSA) is 102 Å². The van der Waals surface area contributed by atoms with Crippen molar-refractivity contribution >= 4 is 58.2 Å². The van der Waals surface area contributed by atoms with Crippen LogP contribution in [0.2, 0.25) is 10.0 Å². The smallest absolute Gasteiger partial charge is 0.255 e. The largest absolute Gasteiger partial charge is 0.325 e. The number of carbonyl (C=O) groups excluding carboxylic acids is 2. The molecule has 1 heterocycles. The van der Waals surface area contributed by atoms with Gasteiger partial charge in [0.1, 0.15) is 0 Å². The Morgan fingerprint density at radius 3 is 2.50 bits per heavy atom. The second-order valence-corrected chi connectivity index (χ2v) is 7.36. The van der Waals surface area contributed by atoms with Crippen LogP contribution in [0.1, 0.15) is 10.4 Å². The summed E-state index contributed by atoms with van der Waals surface area (Å²) in [5, 5.41) is 17.8. The number of hydrogen-bond donors (Lipinski definition) is 2. The summed E-state index contributed by atoms with van der Waals surface area (Å²) in [5.41, 5.74) is 1.45. The Balaban J connectivity index is 1.56. The van der Waals surface area contributed by atoms with Crippen LogP contribution in [0.5, 0.6) is 0 Å². The van der Waals surface area contributed by atoms with Gasteiger partial charge in [0.25, 0.3) is 5.91 Å². The summed E-state index contributed by atoms with van der Waals surface area (Å²) in [5.74, 6) is -0.378. The fourth-order valence-corrected chi connectivity index (χ4v) is 3.27. The van der Waals surface area contributed by atoms with E-state index in [0.717, 1.165) is 0 Å². The Morgan fingerprint density at radius 1 is 1.11 bits per heavy atom. The van der Waals surface area contributed by atoms with Crippen molar-refractivity contribution < 1.29 is 9.59 Å². The third kappa shape index (κ3) is 5.22. The molecule has 2 aromatic carbocycles. The minimum atomic E-state index is -0.326. The number of rotatable bonds is 6. The Morgan fingerprint density at radius 2 is 1.86 bits per heavy atom. The van der Waals surface area contributed by atoms with Crippen LogP contribution in [-0.2, 0) is 11.8 Å². The van der Waals surface area contributed by atoms with Gasteiger partial charge in [0.15, 0.2) is 0 Å². The maximum absolute atomic E-state index is 12.3. The molecule has 28 heavy (non-hydrogen) atoms. The quantitative estimate of drug-likeness (QED) is 0.573. The first-order valence-electron chi connectivity index (χ1n) is 7.94. The van der Waals surface area contributed by atoms with Crippen LogP contribution < -0.4 is 10.6 Å². The molecule has 3 aromatic rings. The van der Waals surface area contributed by atoms with Crippen molar-refractivity contribution in [2.24, 2.45) is 7.05 Å². The van der Waals surface area contributed by atoms with Crippen LogP contribution in [-0.4, -0.2) is 37.8 Å². The van der Waals surface area contributed by atoms with Crippen molar-refractivity contribution in [2.75, 3.05) is 16.4 Å². The van der Waals surface area contributed by atoms with Gasteiger partial charge in [-0.25, -0.2) is 4.68 Å². The maximum Gasteiger partial charge on any atom is 0.255 e. The highest BCUT2D eigenvalue weighted by Crippen LogP contribution is 2.26. The van der Waals surface area contributed by atoms with Gasteiger partial charge in [-0.15, -0.1) is 5.10 Å². The van der Waals surface area contributed by atoms with E-state index in [1.807, 2.05) is 0 Å². The van der Waals surface area contributed by atoms with Crippen LogP contribution in [0.15, 0.2) is 47.6 Å². The lowest BCUT2D eigenvalue weighted by Crippen LogP contribution is -2.15. The number of halogens is 2. The van der Waals surface area contributed by atoms with Gasteiger partial charge < -0.3 is 10.6 Å². The number of carbonyl (C=O) groups is 2. The highest BCUT2D eigenvalue weighted by molar-refractivity contribution is 7.99. The SMILES string of the molecule is Cn1nnnc1SCC(=O)Nc1ccc(C(=O)Nc2ccc(Cl)cc2Cl)cc1. The lowest BCUT2D eigenvalue weighted by molar-refractivity contribution is -0.113. The van der Waals surface area contributed by atoms with Crippen LogP contribution >= 0.6 is 35.0 Å². The molecule has 2 N–H and O–H groups in total. The summed E-state index contributed by atoms with van der Waals surface area (Å²) in [6.45, 7) is 0. The molecule has 0 saturated heterocycles. The molecule has 3 rings (SSSR count). The number of hydrogen-bond acceptors (Lipinski definition) is 6. The summed E-state index contributed by atoms with van der Waals surface area (Å²) in [7, 11) is 1.70. The molecule has 0 aliphatic rings. The standard InChI is InChI=1S/C17H14Cl2N6O2S/c1-25-17(22-23-24-25)28-9-15(26)20-12-5-2-10(3-6-12)16(27)21-14-7-4-11(18)8-13(14)19/h2-8H,9H2,1H3,(H,20,26)(H,21,27). The fraction of sp³-hybridized carbons (Fsp3) is 0.118. The zero-order valence-electron chi connectivity index (χ0n) is 14.5. The van der Waals surface area contributed by atoms with Gasteiger partial charge in [-0.1, -0.05) is 35.0 Å². The molecular formula is C17H14Cl2N6O2S. The lowest BCUT2D eigenvalue weighted by Gasteiger charge is -2.09. The number of aromatic nitrogens is 4. The summed E-state index contributed by atoms with van der Waals surface area (Å²) >= 11 is 13.1. The van der Waals surface area contributed by atoms with Crippen LogP contribution in [0, 0.1) is 0 Å². The first-order valence-corrected chi connectivity index (χ1v) is 9.68. The van der Waals surface area contributed by atoms with Gasteiger partial charge in [0.05, 0.1) is 16.5 Å². The van der Waals surface area contributed by atoms with Crippen molar-refractivity contribution in [3.05, 3.63) is 58.1 Å². The Bertz CT molecular complexity index is 1010. The van der Waals surface area contributed by atoms with Crippen molar-refractivity contribution in [1.82, 2.24) is 20.2 Å². The van der Waals surface area contributed by atoms with Gasteiger partial charge in [-0.3, -0.25) is 9.59 Å². The Labute approximate surface area is 174 Å². The van der Waals surface area contributed by atoms with Crippen LogP contribution in [0.4, 0.5) is 11.4 Å². The zero-order chi connectivity index (χ0) is 20.1.